The van der Waals surface area contributed by atoms with Crippen LogP contribution in [0.25, 0.3) is 10.8 Å². The van der Waals surface area contributed by atoms with E-state index in [0.717, 1.165) is 11.1 Å². The minimum Gasteiger partial charge on any atom is -0.322 e. The molecule has 0 unspecified atom stereocenters. The number of nitrogens with one attached hydrogen (secondary N) is 3. The molecular formula is C38H31N7O8S2. The van der Waals surface area contributed by atoms with E-state index < -0.39 is 32.2 Å². The second-order valence-corrected chi connectivity index (χ2v) is 14.9. The van der Waals surface area contributed by atoms with Gasteiger partial charge in [-0.1, -0.05) is 18.2 Å². The summed E-state index contributed by atoms with van der Waals surface area (Å²) in [4.78, 5) is 24.8. The molecule has 55 heavy (non-hydrogen) atoms. The van der Waals surface area contributed by atoms with Gasteiger partial charge in [0, 0.05) is 28.0 Å². The second kappa shape index (κ2) is 15.7. The molecule has 0 aliphatic heterocycles. The van der Waals surface area contributed by atoms with E-state index in [1.807, 2.05) is 13.8 Å². The van der Waals surface area contributed by atoms with Gasteiger partial charge in [0.2, 0.25) is 0 Å². The average molecular weight is 778 g/mol. The molecule has 0 radical (unpaired) electrons. The van der Waals surface area contributed by atoms with Crippen LogP contribution in [0.2, 0.25) is 0 Å². The molecule has 278 valence electrons. The number of aryl methyl sites for hydroxylation is 2. The van der Waals surface area contributed by atoms with Gasteiger partial charge in [0.05, 0.1) is 27.6 Å². The molecule has 0 aliphatic rings. The zero-order chi connectivity index (χ0) is 39.3. The standard InChI is InChI=1S/C38H31N7O8S2/c1-23-20-29(41-38(47)40-27-12-16-32(17-13-27)54(48,49)50)14-18-34(23)45-43-31-15-19-35(24(2)21-31)44-42-28-9-7-26(8-10-28)37(46)39-30-11-6-25-4-3-5-36(33(25)22-30)55(51,52)53/h3-22H,1-2H3,(H,39,46)(H2,40,41,47)(H,48,49,50)(H,51,52,53). The minimum atomic E-state index is -4.46. The number of amides is 3. The Labute approximate surface area is 315 Å². The van der Waals surface area contributed by atoms with E-state index in [1.165, 1.54) is 42.5 Å². The highest BCUT2D eigenvalue weighted by Crippen LogP contribution is 2.30. The maximum Gasteiger partial charge on any atom is 0.323 e. The normalized spacial score (nSPS) is 11.9. The van der Waals surface area contributed by atoms with Gasteiger partial charge in [0.1, 0.15) is 4.90 Å². The van der Waals surface area contributed by atoms with E-state index in [2.05, 4.69) is 36.4 Å². The van der Waals surface area contributed by atoms with E-state index in [-0.39, 0.29) is 15.2 Å². The molecule has 0 heterocycles. The SMILES string of the molecule is Cc1cc(N=Nc2ccc(NC(=O)Nc3ccc(S(=O)(=O)O)cc3)cc2C)ccc1N=Nc1ccc(C(=O)Nc2ccc3cccc(S(=O)(=O)O)c3c2)cc1. The number of urea groups is 1. The molecule has 0 spiro atoms. The molecule has 15 nitrogen and oxygen atoms in total. The molecule has 17 heteroatoms. The Morgan fingerprint density at radius 2 is 1.11 bits per heavy atom. The first-order chi connectivity index (χ1) is 26.1. The van der Waals surface area contributed by atoms with Crippen molar-refractivity contribution in [1.82, 2.24) is 0 Å². The fourth-order valence-electron chi connectivity index (χ4n) is 5.32. The first-order valence-corrected chi connectivity index (χ1v) is 19.1. The van der Waals surface area contributed by atoms with Crippen LogP contribution in [0, 0.1) is 13.8 Å². The third-order valence-electron chi connectivity index (χ3n) is 8.10. The number of fused-ring (bicyclic) bond motifs is 1. The Morgan fingerprint density at radius 3 is 1.75 bits per heavy atom. The van der Waals surface area contributed by atoms with Crippen LogP contribution in [0.1, 0.15) is 21.5 Å². The van der Waals surface area contributed by atoms with E-state index in [4.69, 9.17) is 4.55 Å². The lowest BCUT2D eigenvalue weighted by molar-refractivity contribution is 0.102. The molecule has 0 saturated carbocycles. The van der Waals surface area contributed by atoms with Gasteiger partial charge >= 0.3 is 6.03 Å². The lowest BCUT2D eigenvalue weighted by atomic mass is 10.1. The molecule has 6 aromatic rings. The number of benzene rings is 6. The van der Waals surface area contributed by atoms with Crippen molar-refractivity contribution in [2.45, 2.75) is 23.6 Å². The van der Waals surface area contributed by atoms with Crippen LogP contribution in [0.3, 0.4) is 0 Å². The molecular weight excluding hydrogens is 747 g/mol. The van der Waals surface area contributed by atoms with Crippen LogP contribution >= 0.6 is 0 Å². The maximum absolute atomic E-state index is 12.9. The van der Waals surface area contributed by atoms with Crippen molar-refractivity contribution >= 4 is 82.8 Å². The maximum atomic E-state index is 12.9. The topological polar surface area (TPSA) is 228 Å². The second-order valence-electron chi connectivity index (χ2n) is 12.1. The van der Waals surface area contributed by atoms with Crippen LogP contribution in [-0.2, 0) is 20.2 Å². The molecule has 6 aromatic carbocycles. The van der Waals surface area contributed by atoms with Gasteiger partial charge in [-0.05, 0) is 133 Å². The molecule has 6 rings (SSSR count). The van der Waals surface area contributed by atoms with E-state index >= 15 is 0 Å². The van der Waals surface area contributed by atoms with E-state index in [0.29, 0.717) is 50.8 Å². The van der Waals surface area contributed by atoms with Gasteiger partial charge in [0.25, 0.3) is 26.1 Å². The third kappa shape index (κ3) is 9.67. The summed E-state index contributed by atoms with van der Waals surface area (Å²) < 4.78 is 64.7. The van der Waals surface area contributed by atoms with Gasteiger partial charge in [-0.25, -0.2) is 4.79 Å². The third-order valence-corrected chi connectivity index (χ3v) is 9.88. The highest BCUT2D eigenvalue weighted by atomic mass is 32.2. The zero-order valence-corrected chi connectivity index (χ0v) is 30.6. The lowest BCUT2D eigenvalue weighted by Gasteiger charge is -2.09. The average Bonchev–Trinajstić information content (AvgIpc) is 3.13. The Morgan fingerprint density at radius 1 is 0.545 bits per heavy atom. The predicted octanol–water partition coefficient (Wildman–Crippen LogP) is 9.68. The number of hydrogen-bond donors (Lipinski definition) is 5. The van der Waals surface area contributed by atoms with Gasteiger partial charge < -0.3 is 16.0 Å². The van der Waals surface area contributed by atoms with Gasteiger partial charge in [-0.2, -0.15) is 37.3 Å². The molecule has 3 amide bonds. The van der Waals surface area contributed by atoms with Crippen molar-refractivity contribution < 1.29 is 35.5 Å². The Balaban J connectivity index is 1.04. The highest BCUT2D eigenvalue weighted by molar-refractivity contribution is 7.86. The molecule has 0 saturated heterocycles. The highest BCUT2D eigenvalue weighted by Gasteiger charge is 2.15. The van der Waals surface area contributed by atoms with Crippen LogP contribution in [0.4, 0.5) is 44.6 Å². The smallest absolute Gasteiger partial charge is 0.322 e. The lowest BCUT2D eigenvalue weighted by Crippen LogP contribution is -2.19. The number of nitrogens with zero attached hydrogens (tertiary/aromatic N) is 4. The van der Waals surface area contributed by atoms with Crippen molar-refractivity contribution in [1.29, 1.82) is 0 Å². The summed E-state index contributed by atoms with van der Waals surface area (Å²) in [6, 6.07) is 30.6. The van der Waals surface area contributed by atoms with Crippen molar-refractivity contribution in [3.8, 4) is 0 Å². The fourth-order valence-corrected chi connectivity index (χ4v) is 6.50. The zero-order valence-electron chi connectivity index (χ0n) is 29.0. The molecule has 0 fully saturated rings. The predicted molar refractivity (Wildman–Crippen MR) is 208 cm³/mol. The summed E-state index contributed by atoms with van der Waals surface area (Å²) >= 11 is 0. The summed E-state index contributed by atoms with van der Waals surface area (Å²) in [6.45, 7) is 3.67. The first-order valence-electron chi connectivity index (χ1n) is 16.2. The molecule has 0 aromatic heterocycles. The number of carbonyl (C=O) groups excluding carboxylic acids is 2. The summed E-state index contributed by atoms with van der Waals surface area (Å²) in [7, 11) is -8.79. The Bertz CT molecular complexity index is 2740. The van der Waals surface area contributed by atoms with Crippen LogP contribution < -0.4 is 16.0 Å². The number of azo groups is 2. The van der Waals surface area contributed by atoms with Gasteiger partial charge in [-0.3, -0.25) is 13.9 Å². The largest absolute Gasteiger partial charge is 0.323 e. The fraction of sp³-hybridized carbons (Fsp3) is 0.0526. The molecule has 0 atom stereocenters. The Hall–Kier alpha value is -6.66. The van der Waals surface area contributed by atoms with Crippen molar-refractivity contribution in [3.05, 3.63) is 138 Å². The van der Waals surface area contributed by atoms with Crippen molar-refractivity contribution in [2.75, 3.05) is 16.0 Å². The van der Waals surface area contributed by atoms with E-state index in [1.54, 1.807) is 78.9 Å². The van der Waals surface area contributed by atoms with Crippen LogP contribution in [-0.4, -0.2) is 37.9 Å². The van der Waals surface area contributed by atoms with Crippen LogP contribution in [0.5, 0.6) is 0 Å². The monoisotopic (exact) mass is 777 g/mol. The molecule has 0 bridgehead atoms. The summed E-state index contributed by atoms with van der Waals surface area (Å²) in [6.07, 6.45) is 0. The van der Waals surface area contributed by atoms with E-state index in [9.17, 15) is 31.0 Å². The van der Waals surface area contributed by atoms with Crippen molar-refractivity contribution in [3.63, 3.8) is 0 Å². The minimum absolute atomic E-state index is 0.252. The number of carbonyl (C=O) groups is 2. The number of rotatable bonds is 10. The molecule has 0 aliphatic carbocycles. The first kappa shape index (κ1) is 38.1. The van der Waals surface area contributed by atoms with Crippen LogP contribution in [0.15, 0.2) is 152 Å². The molecule has 5 N–H and O–H groups in total. The summed E-state index contributed by atoms with van der Waals surface area (Å²) in [5.74, 6) is -0.426. The Kier molecular flexibility index (Phi) is 10.9. The number of hydrogen-bond acceptors (Lipinski definition) is 10. The van der Waals surface area contributed by atoms with Gasteiger partial charge in [-0.15, -0.1) is 0 Å². The number of anilines is 3. The summed E-state index contributed by atoms with van der Waals surface area (Å²) in [5, 5.41) is 26.2. The summed E-state index contributed by atoms with van der Waals surface area (Å²) in [5.41, 5.74) is 5.30. The quantitative estimate of drug-likeness (QED) is 0.0662. The van der Waals surface area contributed by atoms with Gasteiger partial charge in [0.15, 0.2) is 0 Å². The van der Waals surface area contributed by atoms with Crippen molar-refractivity contribution in [2.24, 2.45) is 20.5 Å².